The van der Waals surface area contributed by atoms with E-state index in [2.05, 4.69) is 18.7 Å². The Bertz CT molecular complexity index is 1160. The number of aryl methyl sites for hydroxylation is 2. The van der Waals surface area contributed by atoms with Gasteiger partial charge in [-0.15, -0.1) is 11.3 Å². The summed E-state index contributed by atoms with van der Waals surface area (Å²) in [6.07, 6.45) is 4.20. The lowest BCUT2D eigenvalue weighted by atomic mass is 9.97. The molecule has 0 radical (unpaired) electrons. The molecule has 6 nitrogen and oxygen atoms in total. The highest BCUT2D eigenvalue weighted by atomic mass is 32.1. The average Bonchev–Trinajstić information content (AvgIpc) is 3.18. The van der Waals surface area contributed by atoms with Crippen LogP contribution in [0.2, 0.25) is 0 Å². The Morgan fingerprint density at radius 1 is 1.23 bits per heavy atom. The lowest BCUT2D eigenvalue weighted by Gasteiger charge is -2.20. The predicted octanol–water partition coefficient (Wildman–Crippen LogP) is 4.07. The van der Waals surface area contributed by atoms with E-state index in [0.717, 1.165) is 54.6 Å². The number of carbonyl (C=O) groups is 1. The highest BCUT2D eigenvalue weighted by Gasteiger charge is 2.23. The summed E-state index contributed by atoms with van der Waals surface area (Å²) in [6.45, 7) is 6.43. The summed E-state index contributed by atoms with van der Waals surface area (Å²) in [5.74, 6) is 1.17. The fourth-order valence-electron chi connectivity index (χ4n) is 4.24. The zero-order valence-corrected chi connectivity index (χ0v) is 19.3. The van der Waals surface area contributed by atoms with Gasteiger partial charge in [0.05, 0.1) is 25.6 Å². The molecule has 3 aromatic rings. The van der Waals surface area contributed by atoms with Crippen molar-refractivity contribution < 1.29 is 9.53 Å². The Labute approximate surface area is 186 Å². The number of hydrogen-bond donors (Lipinski definition) is 0. The Balaban J connectivity index is 1.81. The molecule has 1 aromatic carbocycles. The molecule has 2 heterocycles. The van der Waals surface area contributed by atoms with Crippen molar-refractivity contribution in [3.05, 3.63) is 56.4 Å². The molecule has 2 aromatic heterocycles. The van der Waals surface area contributed by atoms with Crippen LogP contribution in [0.25, 0.3) is 10.2 Å². The molecule has 0 saturated heterocycles. The van der Waals surface area contributed by atoms with Gasteiger partial charge in [-0.2, -0.15) is 0 Å². The van der Waals surface area contributed by atoms with Gasteiger partial charge in [0, 0.05) is 10.4 Å². The minimum Gasteiger partial charge on any atom is -0.497 e. The first kappa shape index (κ1) is 21.7. The molecule has 0 N–H and O–H groups in total. The largest absolute Gasteiger partial charge is 0.497 e. The second-order valence-electron chi connectivity index (χ2n) is 7.93. The number of fused-ring (bicyclic) bond motifs is 3. The minimum atomic E-state index is -0.118. The fraction of sp³-hybridized carbons (Fsp3) is 0.458. The Hall–Kier alpha value is -2.51. The van der Waals surface area contributed by atoms with E-state index in [0.29, 0.717) is 23.7 Å². The minimum absolute atomic E-state index is 0.0177. The highest BCUT2D eigenvalue weighted by Crippen LogP contribution is 2.34. The van der Waals surface area contributed by atoms with Crippen LogP contribution in [0.3, 0.4) is 0 Å². The predicted molar refractivity (Wildman–Crippen MR) is 124 cm³/mol. The average molecular weight is 440 g/mol. The van der Waals surface area contributed by atoms with Crippen LogP contribution in [-0.4, -0.2) is 40.4 Å². The highest BCUT2D eigenvalue weighted by molar-refractivity contribution is 7.18. The molecule has 0 amide bonds. The van der Waals surface area contributed by atoms with Crippen molar-refractivity contribution in [1.29, 1.82) is 0 Å². The standard InChI is InChI=1S/C24H29N3O3S/c1-4-26(5-2)15-21-25-23-22(18-11-6-7-12-20(18)31-23)24(29)27(21)14-19(28)16-9-8-10-17(13-16)30-3/h8-10,13H,4-7,11-12,14-15H2,1-3H3. The maximum Gasteiger partial charge on any atom is 0.263 e. The lowest BCUT2D eigenvalue weighted by molar-refractivity contribution is 0.0967. The summed E-state index contributed by atoms with van der Waals surface area (Å²) >= 11 is 1.65. The molecule has 0 saturated carbocycles. The van der Waals surface area contributed by atoms with Crippen LogP contribution in [0.1, 0.15) is 53.3 Å². The number of benzene rings is 1. The number of thiophene rings is 1. The van der Waals surface area contributed by atoms with E-state index in [1.807, 2.05) is 0 Å². The van der Waals surface area contributed by atoms with Crippen molar-refractivity contribution in [3.63, 3.8) is 0 Å². The van der Waals surface area contributed by atoms with Gasteiger partial charge in [-0.05, 0) is 56.5 Å². The molecule has 7 heteroatoms. The van der Waals surface area contributed by atoms with Gasteiger partial charge in [-0.3, -0.25) is 19.1 Å². The van der Waals surface area contributed by atoms with Crippen molar-refractivity contribution in [3.8, 4) is 5.75 Å². The summed E-state index contributed by atoms with van der Waals surface area (Å²) < 4.78 is 6.86. The van der Waals surface area contributed by atoms with Crippen LogP contribution < -0.4 is 10.3 Å². The number of hydrogen-bond acceptors (Lipinski definition) is 6. The first-order chi connectivity index (χ1) is 15.0. The molecular weight excluding hydrogens is 410 g/mol. The molecule has 0 unspecified atom stereocenters. The molecule has 0 spiro atoms. The maximum absolute atomic E-state index is 13.7. The van der Waals surface area contributed by atoms with Gasteiger partial charge in [-0.25, -0.2) is 4.98 Å². The molecule has 1 aliphatic rings. The maximum atomic E-state index is 13.7. The van der Waals surface area contributed by atoms with Crippen LogP contribution in [0, 0.1) is 0 Å². The monoisotopic (exact) mass is 439 g/mol. The van der Waals surface area contributed by atoms with E-state index in [4.69, 9.17) is 9.72 Å². The number of carbonyl (C=O) groups excluding carboxylic acids is 1. The van der Waals surface area contributed by atoms with Gasteiger partial charge in [0.15, 0.2) is 5.78 Å². The van der Waals surface area contributed by atoms with E-state index in [1.54, 1.807) is 47.3 Å². The normalized spacial score (nSPS) is 13.5. The molecule has 164 valence electrons. The van der Waals surface area contributed by atoms with Crippen LogP contribution in [-0.2, 0) is 25.9 Å². The first-order valence-corrected chi connectivity index (χ1v) is 11.8. The van der Waals surface area contributed by atoms with Gasteiger partial charge >= 0.3 is 0 Å². The smallest absolute Gasteiger partial charge is 0.263 e. The first-order valence-electron chi connectivity index (χ1n) is 11.0. The number of rotatable bonds is 8. The Morgan fingerprint density at radius 3 is 2.74 bits per heavy atom. The van der Waals surface area contributed by atoms with Gasteiger partial charge < -0.3 is 4.74 Å². The third-order valence-electron chi connectivity index (χ3n) is 6.11. The molecule has 31 heavy (non-hydrogen) atoms. The second-order valence-corrected chi connectivity index (χ2v) is 9.01. The van der Waals surface area contributed by atoms with E-state index in [-0.39, 0.29) is 17.9 Å². The quantitative estimate of drug-likeness (QED) is 0.495. The summed E-state index contributed by atoms with van der Waals surface area (Å²) in [4.78, 5) is 36.0. The fourth-order valence-corrected chi connectivity index (χ4v) is 5.51. The molecule has 0 fully saturated rings. The zero-order valence-electron chi connectivity index (χ0n) is 18.4. The number of Topliss-reactive ketones (excluding diaryl/α,β-unsaturated/α-hetero) is 1. The summed E-state index contributed by atoms with van der Waals surface area (Å²) in [6, 6.07) is 7.08. The van der Waals surface area contributed by atoms with E-state index < -0.39 is 0 Å². The summed E-state index contributed by atoms with van der Waals surface area (Å²) in [7, 11) is 1.58. The van der Waals surface area contributed by atoms with E-state index >= 15 is 0 Å². The van der Waals surface area contributed by atoms with Crippen LogP contribution >= 0.6 is 11.3 Å². The van der Waals surface area contributed by atoms with Gasteiger partial charge in [0.1, 0.15) is 16.4 Å². The van der Waals surface area contributed by atoms with E-state index in [1.165, 1.54) is 4.88 Å². The Kier molecular flexibility index (Phi) is 6.53. The number of methoxy groups -OCH3 is 1. The van der Waals surface area contributed by atoms with Crippen LogP contribution in [0.4, 0.5) is 0 Å². The second kappa shape index (κ2) is 9.32. The number of nitrogens with zero attached hydrogens (tertiary/aromatic N) is 3. The summed E-state index contributed by atoms with van der Waals surface area (Å²) in [5.41, 5.74) is 1.61. The molecule has 0 aliphatic heterocycles. The lowest BCUT2D eigenvalue weighted by Crippen LogP contribution is -2.33. The van der Waals surface area contributed by atoms with Crippen molar-refractivity contribution in [1.82, 2.24) is 14.5 Å². The van der Waals surface area contributed by atoms with Crippen molar-refractivity contribution in [2.45, 2.75) is 52.6 Å². The molecule has 1 aliphatic carbocycles. The van der Waals surface area contributed by atoms with Gasteiger partial charge in [0.2, 0.25) is 0 Å². The number of ketones is 1. The van der Waals surface area contributed by atoms with Gasteiger partial charge in [0.25, 0.3) is 5.56 Å². The third-order valence-corrected chi connectivity index (χ3v) is 7.29. The SMILES string of the molecule is CCN(CC)Cc1nc2sc3c(c2c(=O)n1CC(=O)c1cccc(OC)c1)CCCC3. The van der Waals surface area contributed by atoms with Crippen molar-refractivity contribution in [2.24, 2.45) is 0 Å². The van der Waals surface area contributed by atoms with Crippen LogP contribution in [0.5, 0.6) is 5.75 Å². The summed E-state index contributed by atoms with van der Waals surface area (Å²) in [5, 5.41) is 0.724. The molecule has 4 rings (SSSR count). The van der Waals surface area contributed by atoms with E-state index in [9.17, 15) is 9.59 Å². The molecular formula is C24H29N3O3S. The van der Waals surface area contributed by atoms with Crippen molar-refractivity contribution >= 4 is 27.3 Å². The third kappa shape index (κ3) is 4.29. The Morgan fingerprint density at radius 2 is 2.00 bits per heavy atom. The number of ether oxygens (including phenoxy) is 1. The van der Waals surface area contributed by atoms with Crippen molar-refractivity contribution in [2.75, 3.05) is 20.2 Å². The molecule has 0 bridgehead atoms. The number of aromatic nitrogens is 2. The van der Waals surface area contributed by atoms with Gasteiger partial charge in [-0.1, -0.05) is 26.0 Å². The molecule has 0 atom stereocenters. The zero-order chi connectivity index (χ0) is 22.0. The van der Waals surface area contributed by atoms with Crippen LogP contribution in [0.15, 0.2) is 29.1 Å². The topological polar surface area (TPSA) is 64.4 Å².